The summed E-state index contributed by atoms with van der Waals surface area (Å²) in [6.45, 7) is 0.422. The summed E-state index contributed by atoms with van der Waals surface area (Å²) in [5, 5.41) is 11.9. The van der Waals surface area contributed by atoms with Crippen molar-refractivity contribution in [1.29, 1.82) is 0 Å². The van der Waals surface area contributed by atoms with E-state index >= 15 is 0 Å². The number of hydrogen-bond acceptors (Lipinski definition) is 5. The first-order valence-electron chi connectivity index (χ1n) is 7.55. The third kappa shape index (κ3) is 3.24. The molecule has 26 heavy (non-hydrogen) atoms. The smallest absolute Gasteiger partial charge is 0.296 e. The van der Waals surface area contributed by atoms with E-state index in [0.717, 1.165) is 5.56 Å². The van der Waals surface area contributed by atoms with Crippen LogP contribution in [0.3, 0.4) is 0 Å². The van der Waals surface area contributed by atoms with E-state index in [1.54, 1.807) is 35.4 Å². The highest BCUT2D eigenvalue weighted by molar-refractivity contribution is 6.33. The Bertz CT molecular complexity index is 1070. The number of fused-ring (bicyclic) bond motifs is 1. The summed E-state index contributed by atoms with van der Waals surface area (Å²) in [5.41, 5.74) is 0.888. The zero-order valence-electron chi connectivity index (χ0n) is 13.2. The minimum Gasteiger partial charge on any atom is -0.301 e. The van der Waals surface area contributed by atoms with Crippen LogP contribution in [0.4, 0.5) is 5.82 Å². The Hall–Kier alpha value is -2.97. The molecule has 10 heteroatoms. The van der Waals surface area contributed by atoms with Gasteiger partial charge in [0, 0.05) is 23.6 Å². The Morgan fingerprint density at radius 3 is 2.77 bits per heavy atom. The number of carbonyl (C=O) groups excluding carboxylic acids is 1. The van der Waals surface area contributed by atoms with Crippen LogP contribution in [0.25, 0.3) is 5.78 Å². The van der Waals surface area contributed by atoms with Crippen molar-refractivity contribution in [3.8, 4) is 0 Å². The van der Waals surface area contributed by atoms with Gasteiger partial charge in [0.1, 0.15) is 5.02 Å². The van der Waals surface area contributed by atoms with Gasteiger partial charge in [0.05, 0.1) is 6.54 Å². The molecule has 0 unspecified atom stereocenters. The topological polar surface area (TPSA) is 90.0 Å². The quantitative estimate of drug-likeness (QED) is 0.581. The molecule has 0 aliphatic heterocycles. The second kappa shape index (κ2) is 6.74. The van der Waals surface area contributed by atoms with Gasteiger partial charge in [-0.15, -0.1) is 5.10 Å². The Kier molecular flexibility index (Phi) is 4.27. The molecule has 0 spiro atoms. The number of halogens is 2. The van der Waals surface area contributed by atoms with Gasteiger partial charge in [0.25, 0.3) is 11.7 Å². The standard InChI is InChI=1S/C16H11Cl2N7O/c17-11-5-2-1-4-10(11)8-24-9-12(18)13(22-24)20-15(26)14-21-16-19-6-3-7-25(16)23-14/h1-7,9H,8H2,(H,20,22,26). The van der Waals surface area contributed by atoms with Gasteiger partial charge in [0.2, 0.25) is 5.82 Å². The average Bonchev–Trinajstić information content (AvgIpc) is 3.21. The van der Waals surface area contributed by atoms with Crippen molar-refractivity contribution in [3.63, 3.8) is 0 Å². The maximum absolute atomic E-state index is 12.4. The van der Waals surface area contributed by atoms with E-state index in [1.165, 1.54) is 4.52 Å². The van der Waals surface area contributed by atoms with Crippen LogP contribution >= 0.6 is 23.2 Å². The van der Waals surface area contributed by atoms with Crippen LogP contribution in [0.15, 0.2) is 48.9 Å². The molecule has 1 N–H and O–H groups in total. The lowest BCUT2D eigenvalue weighted by atomic mass is 10.2. The molecule has 0 aliphatic carbocycles. The maximum atomic E-state index is 12.4. The maximum Gasteiger partial charge on any atom is 0.296 e. The van der Waals surface area contributed by atoms with Crippen molar-refractivity contribution >= 4 is 40.7 Å². The van der Waals surface area contributed by atoms with Crippen LogP contribution in [-0.4, -0.2) is 35.3 Å². The Morgan fingerprint density at radius 2 is 1.96 bits per heavy atom. The van der Waals surface area contributed by atoms with Gasteiger partial charge in [0.15, 0.2) is 5.82 Å². The predicted molar refractivity (Wildman–Crippen MR) is 96.5 cm³/mol. The molecule has 0 saturated heterocycles. The van der Waals surface area contributed by atoms with Gasteiger partial charge in [-0.3, -0.25) is 9.48 Å². The van der Waals surface area contributed by atoms with E-state index in [2.05, 4.69) is 25.5 Å². The minimum absolute atomic E-state index is 0.0274. The van der Waals surface area contributed by atoms with E-state index < -0.39 is 5.91 Å². The molecule has 0 saturated carbocycles. The fraction of sp³-hybridized carbons (Fsp3) is 0.0625. The van der Waals surface area contributed by atoms with Crippen molar-refractivity contribution in [1.82, 2.24) is 29.4 Å². The molecule has 8 nitrogen and oxygen atoms in total. The molecular weight excluding hydrogens is 377 g/mol. The number of hydrogen-bond donors (Lipinski definition) is 1. The zero-order chi connectivity index (χ0) is 18.1. The summed E-state index contributed by atoms with van der Waals surface area (Å²) in [7, 11) is 0. The van der Waals surface area contributed by atoms with Crippen LogP contribution in [0.1, 0.15) is 16.2 Å². The van der Waals surface area contributed by atoms with E-state index in [4.69, 9.17) is 23.2 Å². The first-order chi connectivity index (χ1) is 12.6. The molecule has 3 heterocycles. The number of anilines is 1. The summed E-state index contributed by atoms with van der Waals surface area (Å²) >= 11 is 12.3. The highest BCUT2D eigenvalue weighted by Gasteiger charge is 2.17. The largest absolute Gasteiger partial charge is 0.301 e. The summed E-state index contributed by atoms with van der Waals surface area (Å²) in [4.78, 5) is 20.4. The van der Waals surface area contributed by atoms with Crippen LogP contribution in [-0.2, 0) is 6.54 Å². The highest BCUT2D eigenvalue weighted by atomic mass is 35.5. The van der Waals surface area contributed by atoms with Crippen molar-refractivity contribution < 1.29 is 4.79 Å². The SMILES string of the molecule is O=C(Nc1nn(Cc2ccccc2Cl)cc1Cl)c1nc2ncccn2n1. The van der Waals surface area contributed by atoms with Gasteiger partial charge in [-0.1, -0.05) is 41.4 Å². The van der Waals surface area contributed by atoms with Crippen LogP contribution < -0.4 is 5.32 Å². The summed E-state index contributed by atoms with van der Waals surface area (Å²) in [5.74, 6) is -0.00987. The molecule has 0 fully saturated rings. The summed E-state index contributed by atoms with van der Waals surface area (Å²) in [6.07, 6.45) is 4.83. The monoisotopic (exact) mass is 387 g/mol. The third-order valence-corrected chi connectivity index (χ3v) is 4.20. The molecule has 130 valence electrons. The summed E-state index contributed by atoms with van der Waals surface area (Å²) < 4.78 is 3.00. The molecule has 1 amide bonds. The zero-order valence-corrected chi connectivity index (χ0v) is 14.7. The number of rotatable bonds is 4. The van der Waals surface area contributed by atoms with Gasteiger partial charge in [-0.05, 0) is 17.7 Å². The highest BCUT2D eigenvalue weighted by Crippen LogP contribution is 2.22. The molecule has 0 bridgehead atoms. The van der Waals surface area contributed by atoms with Gasteiger partial charge in [-0.2, -0.15) is 10.1 Å². The van der Waals surface area contributed by atoms with Crippen molar-refractivity contribution in [2.24, 2.45) is 0 Å². The second-order valence-corrected chi connectivity index (χ2v) is 6.18. The molecule has 0 aliphatic rings. The Balaban J connectivity index is 1.54. The molecular formula is C16H11Cl2N7O. The minimum atomic E-state index is -0.527. The lowest BCUT2D eigenvalue weighted by Crippen LogP contribution is -2.15. The van der Waals surface area contributed by atoms with E-state index in [1.807, 2.05) is 18.2 Å². The van der Waals surface area contributed by atoms with Crippen molar-refractivity contribution in [2.75, 3.05) is 5.32 Å². The fourth-order valence-corrected chi connectivity index (χ4v) is 2.75. The number of benzene rings is 1. The van der Waals surface area contributed by atoms with Crippen LogP contribution in [0.5, 0.6) is 0 Å². The lowest BCUT2D eigenvalue weighted by Gasteiger charge is -2.04. The van der Waals surface area contributed by atoms with Gasteiger partial charge >= 0.3 is 0 Å². The first-order valence-corrected chi connectivity index (χ1v) is 8.31. The van der Waals surface area contributed by atoms with Crippen LogP contribution in [0.2, 0.25) is 10.0 Å². The second-order valence-electron chi connectivity index (χ2n) is 5.37. The number of nitrogens with one attached hydrogen (secondary N) is 1. The van der Waals surface area contributed by atoms with Crippen molar-refractivity contribution in [2.45, 2.75) is 6.54 Å². The van der Waals surface area contributed by atoms with Gasteiger partial charge < -0.3 is 5.32 Å². The van der Waals surface area contributed by atoms with E-state index in [0.29, 0.717) is 22.4 Å². The number of aromatic nitrogens is 6. The van der Waals surface area contributed by atoms with Crippen molar-refractivity contribution in [3.05, 3.63) is 70.4 Å². The van der Waals surface area contributed by atoms with Crippen LogP contribution in [0, 0.1) is 0 Å². The predicted octanol–water partition coefficient (Wildman–Crippen LogP) is 2.93. The molecule has 3 aromatic heterocycles. The molecule has 4 aromatic rings. The number of carbonyl (C=O) groups is 1. The lowest BCUT2D eigenvalue weighted by molar-refractivity contribution is 0.101. The number of amides is 1. The molecule has 0 radical (unpaired) electrons. The number of nitrogens with zero attached hydrogens (tertiary/aromatic N) is 6. The Labute approximate surface area is 157 Å². The van der Waals surface area contributed by atoms with Gasteiger partial charge in [-0.25, -0.2) is 9.50 Å². The fourth-order valence-electron chi connectivity index (χ4n) is 2.36. The normalized spacial score (nSPS) is 11.0. The summed E-state index contributed by atoms with van der Waals surface area (Å²) in [6, 6.07) is 9.12. The molecule has 1 aromatic carbocycles. The average molecular weight is 388 g/mol. The van der Waals surface area contributed by atoms with E-state index in [9.17, 15) is 4.79 Å². The first kappa shape index (κ1) is 16.5. The third-order valence-electron chi connectivity index (χ3n) is 3.56. The Morgan fingerprint density at radius 1 is 1.12 bits per heavy atom. The van der Waals surface area contributed by atoms with E-state index in [-0.39, 0.29) is 11.6 Å². The molecule has 0 atom stereocenters. The molecule has 4 rings (SSSR count).